The fourth-order valence-electron chi connectivity index (χ4n) is 3.42. The zero-order valence-corrected chi connectivity index (χ0v) is 19.9. The van der Waals surface area contributed by atoms with Crippen LogP contribution in [-0.2, 0) is 6.42 Å². The van der Waals surface area contributed by atoms with Gasteiger partial charge in [-0.25, -0.2) is 15.0 Å². The number of aromatic nitrogens is 3. The number of para-hydroxylation sites is 2. The number of rotatable bonds is 8. The molecular weight excluding hydrogens is 414 g/mol. The molecule has 0 saturated carbocycles. The molecule has 0 spiro atoms. The maximum atomic E-state index is 6.02. The van der Waals surface area contributed by atoms with E-state index in [1.165, 1.54) is 10.7 Å². The van der Waals surface area contributed by atoms with Crippen LogP contribution in [0.1, 0.15) is 56.3 Å². The predicted octanol–water partition coefficient (Wildman–Crippen LogP) is 7.31. The summed E-state index contributed by atoms with van der Waals surface area (Å²) in [7, 11) is 0. The Morgan fingerprint density at radius 1 is 0.938 bits per heavy atom. The van der Waals surface area contributed by atoms with Crippen molar-refractivity contribution in [1.29, 1.82) is 0 Å². The average Bonchev–Trinajstić information content (AvgIpc) is 3.25. The van der Waals surface area contributed by atoms with Crippen LogP contribution in [0, 0.1) is 0 Å². The molecule has 0 aliphatic rings. The average molecular weight is 444 g/mol. The second kappa shape index (κ2) is 10.0. The molecule has 2 aromatic heterocycles. The Labute approximate surface area is 194 Å². The van der Waals surface area contributed by atoms with E-state index >= 15 is 0 Å². The van der Waals surface area contributed by atoms with Gasteiger partial charge in [0, 0.05) is 16.9 Å². The van der Waals surface area contributed by atoms with Crippen molar-refractivity contribution in [2.45, 2.75) is 52.6 Å². The number of nitrogens with zero attached hydrogens (tertiary/aromatic N) is 3. The molecule has 5 heteroatoms. The summed E-state index contributed by atoms with van der Waals surface area (Å²) in [5.41, 5.74) is 5.79. The van der Waals surface area contributed by atoms with Crippen molar-refractivity contribution in [2.75, 3.05) is 0 Å². The van der Waals surface area contributed by atoms with Gasteiger partial charge in [0.25, 0.3) is 0 Å². The van der Waals surface area contributed by atoms with E-state index in [0.717, 1.165) is 40.7 Å². The second-order valence-electron chi connectivity index (χ2n) is 8.43. The molecule has 0 aliphatic heterocycles. The van der Waals surface area contributed by atoms with Gasteiger partial charge in [-0.1, -0.05) is 56.3 Å². The largest absolute Gasteiger partial charge is 0.473 e. The predicted molar refractivity (Wildman–Crippen MR) is 134 cm³/mol. The number of allylic oxidation sites excluding steroid dienone is 1. The standard InChI is InChI=1S/C27H29N3OS/c1-18(2)27-28-22(17-32-27)13-6-5-10-20-11-9-12-21(16-20)25-26(31-19(3)4)30-24-15-8-7-14-23(24)29-25/h5,7-12,14-19H,6,13H2,1-4H3/b10-5+. The second-order valence-corrected chi connectivity index (χ2v) is 9.32. The third kappa shape index (κ3) is 5.40. The van der Waals surface area contributed by atoms with Crippen LogP contribution in [0.5, 0.6) is 5.88 Å². The van der Waals surface area contributed by atoms with Gasteiger partial charge in [0.05, 0.1) is 27.8 Å². The Balaban J connectivity index is 1.54. The van der Waals surface area contributed by atoms with E-state index in [-0.39, 0.29) is 6.10 Å². The Kier molecular flexibility index (Phi) is 6.96. The molecule has 0 atom stereocenters. The molecule has 32 heavy (non-hydrogen) atoms. The van der Waals surface area contributed by atoms with E-state index < -0.39 is 0 Å². The van der Waals surface area contributed by atoms with Gasteiger partial charge in [-0.3, -0.25) is 0 Å². The van der Waals surface area contributed by atoms with Crippen molar-refractivity contribution in [1.82, 2.24) is 15.0 Å². The molecule has 0 unspecified atom stereocenters. The number of benzene rings is 2. The number of fused-ring (bicyclic) bond motifs is 1. The molecule has 4 aromatic rings. The van der Waals surface area contributed by atoms with Gasteiger partial charge in [-0.2, -0.15) is 0 Å². The van der Waals surface area contributed by atoms with Gasteiger partial charge in [0.2, 0.25) is 5.88 Å². The molecule has 4 rings (SSSR count). The maximum Gasteiger partial charge on any atom is 0.241 e. The van der Waals surface area contributed by atoms with Gasteiger partial charge >= 0.3 is 0 Å². The fraction of sp³-hybridized carbons (Fsp3) is 0.296. The van der Waals surface area contributed by atoms with E-state index in [1.807, 2.05) is 38.1 Å². The van der Waals surface area contributed by atoms with Crippen LogP contribution in [0.3, 0.4) is 0 Å². The molecule has 0 bridgehead atoms. The molecule has 2 aromatic carbocycles. The first-order chi connectivity index (χ1) is 15.5. The van der Waals surface area contributed by atoms with Crippen molar-refractivity contribution in [2.24, 2.45) is 0 Å². The fourth-order valence-corrected chi connectivity index (χ4v) is 4.29. The van der Waals surface area contributed by atoms with E-state index in [0.29, 0.717) is 11.8 Å². The smallest absolute Gasteiger partial charge is 0.241 e. The van der Waals surface area contributed by atoms with Crippen molar-refractivity contribution in [3.05, 3.63) is 76.3 Å². The van der Waals surface area contributed by atoms with Crippen molar-refractivity contribution < 1.29 is 4.74 Å². The lowest BCUT2D eigenvalue weighted by Gasteiger charge is -2.14. The molecule has 0 fully saturated rings. The lowest BCUT2D eigenvalue weighted by molar-refractivity contribution is 0.234. The first-order valence-corrected chi connectivity index (χ1v) is 12.0. The van der Waals surface area contributed by atoms with Gasteiger partial charge < -0.3 is 4.74 Å². The zero-order valence-electron chi connectivity index (χ0n) is 19.1. The van der Waals surface area contributed by atoms with Crippen LogP contribution >= 0.6 is 11.3 Å². The van der Waals surface area contributed by atoms with E-state index in [2.05, 4.69) is 55.6 Å². The molecule has 0 saturated heterocycles. The molecule has 0 radical (unpaired) electrons. The van der Waals surface area contributed by atoms with Gasteiger partial charge in [0.15, 0.2) is 0 Å². The lowest BCUT2D eigenvalue weighted by Crippen LogP contribution is -2.09. The summed E-state index contributed by atoms with van der Waals surface area (Å²) in [6.45, 7) is 8.39. The van der Waals surface area contributed by atoms with E-state index in [9.17, 15) is 0 Å². The SMILES string of the molecule is CC(C)Oc1nc2ccccc2nc1-c1cccc(/C=C/CCc2csc(C(C)C)n2)c1. The normalized spacial score (nSPS) is 11.8. The highest BCUT2D eigenvalue weighted by molar-refractivity contribution is 7.09. The quantitative estimate of drug-likeness (QED) is 0.286. The molecule has 0 amide bonds. The minimum atomic E-state index is 0.0224. The van der Waals surface area contributed by atoms with Crippen LogP contribution in [0.4, 0.5) is 0 Å². The summed E-state index contributed by atoms with van der Waals surface area (Å²) >= 11 is 1.76. The Morgan fingerprint density at radius 2 is 1.72 bits per heavy atom. The van der Waals surface area contributed by atoms with E-state index in [4.69, 9.17) is 19.7 Å². The van der Waals surface area contributed by atoms with Gasteiger partial charge in [-0.15, -0.1) is 11.3 Å². The highest BCUT2D eigenvalue weighted by Crippen LogP contribution is 2.30. The first kappa shape index (κ1) is 22.2. The first-order valence-electron chi connectivity index (χ1n) is 11.1. The topological polar surface area (TPSA) is 47.9 Å². The summed E-state index contributed by atoms with van der Waals surface area (Å²) in [5.74, 6) is 1.07. The number of thiazole rings is 1. The maximum absolute atomic E-state index is 6.02. The van der Waals surface area contributed by atoms with Crippen LogP contribution in [0.25, 0.3) is 28.4 Å². The number of aryl methyl sites for hydroxylation is 1. The van der Waals surface area contributed by atoms with Crippen LogP contribution < -0.4 is 4.74 Å². The summed E-state index contributed by atoms with van der Waals surface area (Å²) in [6, 6.07) is 16.3. The Hall–Kier alpha value is -3.05. The highest BCUT2D eigenvalue weighted by atomic mass is 32.1. The molecule has 0 N–H and O–H groups in total. The molecule has 0 aliphatic carbocycles. The van der Waals surface area contributed by atoms with Crippen LogP contribution in [-0.4, -0.2) is 21.1 Å². The molecular formula is C27H29N3OS. The summed E-state index contributed by atoms with van der Waals surface area (Å²) in [5, 5.41) is 3.39. The minimum Gasteiger partial charge on any atom is -0.473 e. The Morgan fingerprint density at radius 3 is 2.44 bits per heavy atom. The zero-order chi connectivity index (χ0) is 22.5. The third-order valence-electron chi connectivity index (χ3n) is 4.99. The van der Waals surface area contributed by atoms with Crippen LogP contribution in [0.2, 0.25) is 0 Å². The molecule has 164 valence electrons. The Bertz CT molecular complexity index is 1230. The van der Waals surface area contributed by atoms with E-state index in [1.54, 1.807) is 11.3 Å². The van der Waals surface area contributed by atoms with Crippen molar-refractivity contribution >= 4 is 28.4 Å². The van der Waals surface area contributed by atoms with Gasteiger partial charge in [-0.05, 0) is 50.5 Å². The summed E-state index contributed by atoms with van der Waals surface area (Å²) in [6.07, 6.45) is 6.32. The molecule has 4 nitrogen and oxygen atoms in total. The minimum absolute atomic E-state index is 0.0224. The summed E-state index contributed by atoms with van der Waals surface area (Å²) in [4.78, 5) is 14.3. The van der Waals surface area contributed by atoms with Crippen molar-refractivity contribution in [3.63, 3.8) is 0 Å². The monoisotopic (exact) mass is 443 g/mol. The van der Waals surface area contributed by atoms with Crippen molar-refractivity contribution in [3.8, 4) is 17.1 Å². The van der Waals surface area contributed by atoms with Gasteiger partial charge in [0.1, 0.15) is 5.69 Å². The highest BCUT2D eigenvalue weighted by Gasteiger charge is 2.14. The number of ether oxygens (including phenoxy) is 1. The number of hydrogen-bond acceptors (Lipinski definition) is 5. The summed E-state index contributed by atoms with van der Waals surface area (Å²) < 4.78 is 6.02. The lowest BCUT2D eigenvalue weighted by atomic mass is 10.1. The number of hydrogen-bond donors (Lipinski definition) is 0. The van der Waals surface area contributed by atoms with Crippen LogP contribution in [0.15, 0.2) is 60.0 Å². The molecule has 2 heterocycles. The third-order valence-corrected chi connectivity index (χ3v) is 6.18.